The smallest absolute Gasteiger partial charge is 0.257 e. The van der Waals surface area contributed by atoms with Crippen LogP contribution in [0.4, 0.5) is 5.69 Å². The van der Waals surface area contributed by atoms with Crippen LogP contribution >= 0.6 is 11.8 Å². The maximum atomic E-state index is 5.72. The molecule has 7 heteroatoms. The highest BCUT2D eigenvalue weighted by atomic mass is 32.2. The Hall–Kier alpha value is -2.02. The number of nitrogen functional groups attached to an aromatic ring is 1. The van der Waals surface area contributed by atoms with Gasteiger partial charge in [0.2, 0.25) is 0 Å². The lowest BCUT2D eigenvalue weighted by atomic mass is 10.3. The SMILES string of the molecule is CCCn1ncnc1CSc1nc2ccc(N)cc2o1. The summed E-state index contributed by atoms with van der Waals surface area (Å²) in [7, 11) is 0. The number of nitrogens with two attached hydrogens (primary N) is 1. The summed E-state index contributed by atoms with van der Waals surface area (Å²) in [6.45, 7) is 2.99. The van der Waals surface area contributed by atoms with Crippen LogP contribution < -0.4 is 5.73 Å². The summed E-state index contributed by atoms with van der Waals surface area (Å²) >= 11 is 1.51. The first kappa shape index (κ1) is 13.0. The van der Waals surface area contributed by atoms with Crippen molar-refractivity contribution in [2.24, 2.45) is 0 Å². The monoisotopic (exact) mass is 289 g/mol. The molecule has 0 saturated carbocycles. The third-order valence-electron chi connectivity index (χ3n) is 2.85. The molecule has 0 amide bonds. The van der Waals surface area contributed by atoms with Crippen LogP contribution in [-0.2, 0) is 12.3 Å². The fraction of sp³-hybridized carbons (Fsp3) is 0.308. The van der Waals surface area contributed by atoms with E-state index < -0.39 is 0 Å². The Bertz CT molecular complexity index is 720. The van der Waals surface area contributed by atoms with Crippen molar-refractivity contribution in [2.75, 3.05) is 5.73 Å². The van der Waals surface area contributed by atoms with Gasteiger partial charge in [-0.2, -0.15) is 5.10 Å². The number of benzene rings is 1. The predicted octanol–water partition coefficient (Wildman–Crippen LogP) is 2.70. The van der Waals surface area contributed by atoms with Gasteiger partial charge in [0.1, 0.15) is 17.7 Å². The molecule has 0 aliphatic carbocycles. The van der Waals surface area contributed by atoms with Gasteiger partial charge in [0, 0.05) is 18.3 Å². The van der Waals surface area contributed by atoms with Crippen molar-refractivity contribution < 1.29 is 4.42 Å². The first-order chi connectivity index (χ1) is 9.76. The Morgan fingerprint density at radius 2 is 2.30 bits per heavy atom. The number of nitrogens with zero attached hydrogens (tertiary/aromatic N) is 4. The van der Waals surface area contributed by atoms with Crippen molar-refractivity contribution >= 4 is 28.5 Å². The number of oxazole rings is 1. The standard InChI is InChI=1S/C13H15N5OS/c1-2-5-18-12(15-8-16-18)7-20-13-17-10-4-3-9(14)6-11(10)19-13/h3-4,6,8H,2,5,7,14H2,1H3. The summed E-state index contributed by atoms with van der Waals surface area (Å²) in [6, 6.07) is 5.46. The van der Waals surface area contributed by atoms with Crippen LogP contribution in [0.2, 0.25) is 0 Å². The van der Waals surface area contributed by atoms with Crippen LogP contribution in [0.25, 0.3) is 11.1 Å². The lowest BCUT2D eigenvalue weighted by molar-refractivity contribution is 0.489. The highest BCUT2D eigenvalue weighted by Gasteiger charge is 2.09. The molecule has 0 fully saturated rings. The first-order valence-corrected chi connectivity index (χ1v) is 7.40. The van der Waals surface area contributed by atoms with Crippen LogP contribution in [-0.4, -0.2) is 19.7 Å². The predicted molar refractivity (Wildman–Crippen MR) is 78.3 cm³/mol. The van der Waals surface area contributed by atoms with Gasteiger partial charge >= 0.3 is 0 Å². The molecule has 2 heterocycles. The largest absolute Gasteiger partial charge is 0.431 e. The minimum Gasteiger partial charge on any atom is -0.431 e. The number of aromatic nitrogens is 4. The molecule has 0 spiro atoms. The highest BCUT2D eigenvalue weighted by Crippen LogP contribution is 2.26. The number of hydrogen-bond acceptors (Lipinski definition) is 6. The number of anilines is 1. The second-order valence-electron chi connectivity index (χ2n) is 4.40. The van der Waals surface area contributed by atoms with Crippen LogP contribution in [0.3, 0.4) is 0 Å². The Morgan fingerprint density at radius 3 is 3.15 bits per heavy atom. The maximum absolute atomic E-state index is 5.72. The van der Waals surface area contributed by atoms with Crippen molar-refractivity contribution in [1.82, 2.24) is 19.7 Å². The zero-order chi connectivity index (χ0) is 13.9. The molecule has 3 rings (SSSR count). The van der Waals surface area contributed by atoms with Gasteiger partial charge in [-0.15, -0.1) is 0 Å². The molecular weight excluding hydrogens is 274 g/mol. The molecular formula is C13H15N5OS. The molecule has 0 saturated heterocycles. The molecule has 0 aliphatic rings. The van der Waals surface area contributed by atoms with Gasteiger partial charge in [0.05, 0.1) is 5.75 Å². The summed E-state index contributed by atoms with van der Waals surface area (Å²) in [4.78, 5) is 8.67. The van der Waals surface area contributed by atoms with Crippen molar-refractivity contribution in [3.63, 3.8) is 0 Å². The van der Waals surface area contributed by atoms with Gasteiger partial charge in [-0.1, -0.05) is 18.7 Å². The highest BCUT2D eigenvalue weighted by molar-refractivity contribution is 7.98. The first-order valence-electron chi connectivity index (χ1n) is 6.42. The molecule has 3 aromatic rings. The average molecular weight is 289 g/mol. The number of thioether (sulfide) groups is 1. The van der Waals surface area contributed by atoms with E-state index in [1.165, 1.54) is 11.8 Å². The summed E-state index contributed by atoms with van der Waals surface area (Å²) in [5.41, 5.74) is 7.92. The van der Waals surface area contributed by atoms with E-state index >= 15 is 0 Å². The Balaban J connectivity index is 1.74. The lowest BCUT2D eigenvalue weighted by Gasteiger charge is -2.01. The van der Waals surface area contributed by atoms with Crippen molar-refractivity contribution in [3.8, 4) is 0 Å². The second kappa shape index (κ2) is 5.54. The van der Waals surface area contributed by atoms with Crippen molar-refractivity contribution in [1.29, 1.82) is 0 Å². The molecule has 2 aromatic heterocycles. The number of hydrogen-bond donors (Lipinski definition) is 1. The maximum Gasteiger partial charge on any atom is 0.257 e. The van der Waals surface area contributed by atoms with E-state index in [4.69, 9.17) is 10.2 Å². The van der Waals surface area contributed by atoms with Gasteiger partial charge in [-0.25, -0.2) is 14.6 Å². The summed E-state index contributed by atoms with van der Waals surface area (Å²) in [5, 5.41) is 4.82. The third kappa shape index (κ3) is 2.62. The second-order valence-corrected chi connectivity index (χ2v) is 5.32. The molecule has 0 atom stereocenters. The van der Waals surface area contributed by atoms with Crippen molar-refractivity contribution in [3.05, 3.63) is 30.4 Å². The van der Waals surface area contributed by atoms with Crippen LogP contribution in [0, 0.1) is 0 Å². The molecule has 0 bridgehead atoms. The summed E-state index contributed by atoms with van der Waals surface area (Å²) in [6.07, 6.45) is 2.61. The van der Waals surface area contributed by atoms with E-state index in [0.29, 0.717) is 22.2 Å². The minimum atomic E-state index is 0.622. The summed E-state index contributed by atoms with van der Waals surface area (Å²) in [5.74, 6) is 1.61. The molecule has 20 heavy (non-hydrogen) atoms. The molecule has 104 valence electrons. The van der Waals surface area contributed by atoms with E-state index in [1.54, 1.807) is 12.4 Å². The van der Waals surface area contributed by atoms with E-state index in [2.05, 4.69) is 22.0 Å². The van der Waals surface area contributed by atoms with Crippen LogP contribution in [0.5, 0.6) is 0 Å². The van der Waals surface area contributed by atoms with Crippen LogP contribution in [0.15, 0.2) is 34.2 Å². The van der Waals surface area contributed by atoms with Gasteiger partial charge < -0.3 is 10.2 Å². The fourth-order valence-electron chi connectivity index (χ4n) is 1.91. The number of aryl methyl sites for hydroxylation is 1. The van der Waals surface area contributed by atoms with Crippen molar-refractivity contribution in [2.45, 2.75) is 30.9 Å². The Labute approximate surface area is 120 Å². The lowest BCUT2D eigenvalue weighted by Crippen LogP contribution is -2.03. The van der Waals surface area contributed by atoms with Gasteiger partial charge in [-0.05, 0) is 18.6 Å². The average Bonchev–Trinajstić information content (AvgIpc) is 3.02. The molecule has 2 N–H and O–H groups in total. The Morgan fingerprint density at radius 1 is 1.40 bits per heavy atom. The minimum absolute atomic E-state index is 0.622. The zero-order valence-corrected chi connectivity index (χ0v) is 11.9. The number of fused-ring (bicyclic) bond motifs is 1. The van der Waals surface area contributed by atoms with E-state index in [9.17, 15) is 0 Å². The van der Waals surface area contributed by atoms with Gasteiger partial charge in [0.25, 0.3) is 5.22 Å². The van der Waals surface area contributed by atoms with Gasteiger partial charge in [0.15, 0.2) is 5.58 Å². The molecule has 1 aromatic carbocycles. The van der Waals surface area contributed by atoms with Crippen LogP contribution in [0.1, 0.15) is 19.2 Å². The fourth-order valence-corrected chi connectivity index (χ4v) is 2.69. The zero-order valence-electron chi connectivity index (χ0n) is 11.1. The molecule has 0 aliphatic heterocycles. The topological polar surface area (TPSA) is 82.8 Å². The Kier molecular flexibility index (Phi) is 3.60. The number of rotatable bonds is 5. The van der Waals surface area contributed by atoms with E-state index in [0.717, 1.165) is 24.3 Å². The quantitative estimate of drug-likeness (QED) is 0.574. The summed E-state index contributed by atoms with van der Waals surface area (Å²) < 4.78 is 7.57. The third-order valence-corrected chi connectivity index (χ3v) is 3.67. The van der Waals surface area contributed by atoms with E-state index in [1.807, 2.05) is 16.8 Å². The molecule has 0 unspecified atom stereocenters. The van der Waals surface area contributed by atoms with E-state index in [-0.39, 0.29) is 0 Å². The normalized spacial score (nSPS) is 11.2. The molecule has 6 nitrogen and oxygen atoms in total. The molecule has 0 radical (unpaired) electrons. The van der Waals surface area contributed by atoms with Gasteiger partial charge in [-0.3, -0.25) is 0 Å².